The number of fused-ring (bicyclic) bond motifs is 21. The average Bonchev–Trinajstić information content (AvgIpc) is 1.45. The van der Waals surface area contributed by atoms with Gasteiger partial charge in [0.05, 0.1) is 33.1 Å². The molecule has 5 heteroatoms. The van der Waals surface area contributed by atoms with E-state index in [1.54, 1.807) is 16.3 Å². The van der Waals surface area contributed by atoms with E-state index in [0.29, 0.717) is 5.69 Å². The van der Waals surface area contributed by atoms with Gasteiger partial charge in [0.1, 0.15) is 11.2 Å². The molecule has 94 heavy (non-hydrogen) atoms. The third kappa shape index (κ3) is 7.53. The maximum atomic E-state index is 9.89. The van der Waals surface area contributed by atoms with Crippen LogP contribution in [0.2, 0.25) is 0 Å². The van der Waals surface area contributed by atoms with Gasteiger partial charge in [-0.3, -0.25) is 0 Å². The first-order valence-corrected chi connectivity index (χ1v) is 33.0. The third-order valence-corrected chi connectivity index (χ3v) is 21.7. The molecule has 2 aliphatic carbocycles. The Bertz CT molecular complexity index is 6220. The quantitative estimate of drug-likeness (QED) is 0.155. The van der Waals surface area contributed by atoms with Crippen molar-refractivity contribution in [2.75, 3.05) is 4.90 Å². The lowest BCUT2D eigenvalue weighted by Crippen LogP contribution is -2.60. The fourth-order valence-electron chi connectivity index (χ4n) is 16.3. The van der Waals surface area contributed by atoms with E-state index in [1.165, 1.54) is 44.5 Å². The van der Waals surface area contributed by atoms with E-state index >= 15 is 0 Å². The van der Waals surface area contributed by atoms with Crippen LogP contribution < -0.4 is 21.3 Å². The van der Waals surface area contributed by atoms with Gasteiger partial charge in [0, 0.05) is 59.5 Å². The normalized spacial score (nSPS) is 14.9. The Morgan fingerprint density at radius 2 is 0.926 bits per heavy atom. The van der Waals surface area contributed by atoms with Gasteiger partial charge in [-0.1, -0.05) is 274 Å². The molecule has 14 aromatic carbocycles. The number of benzene rings is 14. The minimum atomic E-state index is -0.536. The fraction of sp³-hybridized carbons (Fsp3) is 0.0562. The highest BCUT2D eigenvalue weighted by Gasteiger charge is 2.52. The van der Waals surface area contributed by atoms with Crippen molar-refractivity contribution < 1.29 is 15.4 Å². The minimum Gasteiger partial charge on any atom is -0.456 e. The van der Waals surface area contributed by atoms with E-state index < -0.39 is 48.4 Å². The Morgan fingerprint density at radius 3 is 1.55 bits per heavy atom. The summed E-state index contributed by atoms with van der Waals surface area (Å²) in [4.78, 5) is 4.30. The Balaban J connectivity index is 0.932. The van der Waals surface area contributed by atoms with Gasteiger partial charge in [-0.15, -0.1) is 0 Å². The average molecular weight is 1220 g/mol. The summed E-state index contributed by atoms with van der Waals surface area (Å²) in [7, 11) is 0. The lowest BCUT2D eigenvalue weighted by Gasteiger charge is -2.42. The van der Waals surface area contributed by atoms with Gasteiger partial charge in [-0.25, -0.2) is 0 Å². The van der Waals surface area contributed by atoms with Crippen LogP contribution in [0.25, 0.3) is 116 Å². The number of para-hydroxylation sites is 2. The van der Waals surface area contributed by atoms with E-state index in [9.17, 15) is 8.22 Å². The second-order valence-electron chi connectivity index (χ2n) is 26.4. The molecule has 4 heterocycles. The third-order valence-electron chi connectivity index (χ3n) is 20.5. The van der Waals surface area contributed by atoms with Crippen LogP contribution in [-0.2, 0) is 10.8 Å². The van der Waals surface area contributed by atoms with Crippen molar-refractivity contribution in [1.82, 2.24) is 4.57 Å². The summed E-state index contributed by atoms with van der Waals surface area (Å²) in [5.74, 6) is 0. The molecule has 440 valence electrons. The summed E-state index contributed by atoms with van der Waals surface area (Å²) in [5, 5.41) is 1.94. The van der Waals surface area contributed by atoms with Crippen LogP contribution in [0.5, 0.6) is 0 Å². The molecule has 1 spiro atoms. The number of furan rings is 1. The molecule has 16 aromatic rings. The van der Waals surface area contributed by atoms with Gasteiger partial charge < -0.3 is 13.9 Å². The Kier molecular flexibility index (Phi) is 9.77. The van der Waals surface area contributed by atoms with E-state index in [-0.39, 0.29) is 39.3 Å². The van der Waals surface area contributed by atoms with E-state index in [0.717, 1.165) is 115 Å². The van der Waals surface area contributed by atoms with E-state index in [2.05, 4.69) is 274 Å². The highest BCUT2D eigenvalue weighted by atomic mass is 32.2. The Labute approximate surface area is 562 Å². The zero-order valence-electron chi connectivity index (χ0n) is 59.5. The highest BCUT2D eigenvalue weighted by molar-refractivity contribution is 8.00. The second-order valence-corrected chi connectivity index (χ2v) is 27.4. The smallest absolute Gasteiger partial charge is 0.249 e. The summed E-state index contributed by atoms with van der Waals surface area (Å²) >= 11 is 1.63. The molecule has 2 aliphatic heterocycles. The molecular weight excluding hydrogens is 1160 g/mol. The summed E-state index contributed by atoms with van der Waals surface area (Å²) in [5.41, 5.74) is 26.1. The van der Waals surface area contributed by atoms with Gasteiger partial charge in [0.15, 0.2) is 0 Å². The molecule has 0 radical (unpaired) electrons. The van der Waals surface area contributed by atoms with Gasteiger partial charge in [0.25, 0.3) is 0 Å². The maximum absolute atomic E-state index is 9.89. The number of hydrogen-bond acceptors (Lipinski definition) is 3. The molecule has 0 saturated heterocycles. The SMILES string of the molecule is [2H]c1c([2H])c([2H])c2c(c1[2H])c1c([2H])c([2H])c([2H])c([2H])c1n2-c1cc2c3c(c1)N(c1c(-c4ccccc4)cc(C(C)(C)C)cc1-c1ccccc1)c1cc(-c4ccc5c(c4)-c4ccccc4C54c5ccccc5-c5ccccc54)ccc1B3c1ccc3oc4ccc(-c5ccccc5)cc4c3c1S2. The molecule has 2 aromatic heterocycles. The zero-order chi connectivity index (χ0) is 69.1. The first kappa shape index (κ1) is 46.0. The lowest BCUT2D eigenvalue weighted by atomic mass is 9.34. The molecule has 0 fully saturated rings. The maximum Gasteiger partial charge on any atom is 0.249 e. The van der Waals surface area contributed by atoms with Crippen LogP contribution in [-0.4, -0.2) is 11.3 Å². The molecule has 0 amide bonds. The van der Waals surface area contributed by atoms with Crippen molar-refractivity contribution in [2.45, 2.75) is 41.4 Å². The molecule has 0 saturated carbocycles. The second kappa shape index (κ2) is 20.0. The largest absolute Gasteiger partial charge is 0.456 e. The molecule has 0 unspecified atom stereocenters. The van der Waals surface area contributed by atoms with Gasteiger partial charge in [-0.05, 0) is 166 Å². The van der Waals surface area contributed by atoms with Crippen LogP contribution in [0.4, 0.5) is 17.1 Å². The fourth-order valence-corrected chi connectivity index (χ4v) is 17.7. The number of hydrogen-bond donors (Lipinski definition) is 0. The van der Waals surface area contributed by atoms with Gasteiger partial charge >= 0.3 is 0 Å². The van der Waals surface area contributed by atoms with Crippen molar-refractivity contribution in [3.8, 4) is 72.4 Å². The predicted molar refractivity (Wildman–Crippen MR) is 395 cm³/mol. The molecular formula is C89H59BN2OS. The standard InChI is InChI=1S/C89H59BN2OS/c1-88(2,3)60-50-67(55-25-9-5-10-26-55)86(68(51-60)56-27-11-6-12-28-56)92-79-49-59(58-39-42-74-69(47-58)64-31-15-20-36-73(64)89(74)71-34-18-13-29-62(71)63-30-14-19-35-72(63)89)40-43-75(79)90-76-44-46-82-84(70-48-57(41-45-81(70)93-82)54-23-7-4-8-24-54)87(76)94-83-53-61(52-80(92)85(83)90)91-77-37-21-16-32-65(77)66-33-17-22-38-78(66)91/h4-53H,1-3H3/i16D,17D,21D,22D,32D,33D,37D,38D. The van der Waals surface area contributed by atoms with Crippen molar-refractivity contribution >= 4 is 95.7 Å². The van der Waals surface area contributed by atoms with Crippen LogP contribution in [0.1, 0.15) is 59.6 Å². The lowest BCUT2D eigenvalue weighted by molar-refractivity contribution is 0.591. The van der Waals surface area contributed by atoms with Crippen LogP contribution in [0, 0.1) is 0 Å². The summed E-state index contributed by atoms with van der Waals surface area (Å²) in [6.45, 7) is 6.35. The molecule has 0 N–H and O–H groups in total. The molecule has 0 atom stereocenters. The summed E-state index contributed by atoms with van der Waals surface area (Å²) in [6, 6.07) is 88.5. The minimum absolute atomic E-state index is 0.0117. The van der Waals surface area contributed by atoms with E-state index in [1.807, 2.05) is 6.07 Å². The van der Waals surface area contributed by atoms with Crippen molar-refractivity contribution in [1.29, 1.82) is 0 Å². The van der Waals surface area contributed by atoms with Crippen molar-refractivity contribution in [3.05, 3.63) is 331 Å². The number of rotatable bonds is 6. The summed E-state index contributed by atoms with van der Waals surface area (Å²) in [6.07, 6.45) is 0. The van der Waals surface area contributed by atoms with Crippen molar-refractivity contribution in [2.24, 2.45) is 0 Å². The van der Waals surface area contributed by atoms with Crippen molar-refractivity contribution in [3.63, 3.8) is 0 Å². The molecule has 3 nitrogen and oxygen atoms in total. The van der Waals surface area contributed by atoms with Gasteiger partial charge in [0.2, 0.25) is 6.71 Å². The summed E-state index contributed by atoms with van der Waals surface area (Å²) < 4.78 is 84.3. The van der Waals surface area contributed by atoms with Gasteiger partial charge in [-0.2, -0.15) is 0 Å². The first-order chi connectivity index (χ1) is 49.6. The monoisotopic (exact) mass is 1220 g/mol. The number of nitrogens with zero attached hydrogens (tertiary/aromatic N) is 2. The molecule has 4 aliphatic rings. The number of anilines is 3. The van der Waals surface area contributed by atoms with Crippen LogP contribution in [0.15, 0.2) is 317 Å². The Morgan fingerprint density at radius 1 is 0.415 bits per heavy atom. The van der Waals surface area contributed by atoms with Crippen LogP contribution >= 0.6 is 11.8 Å². The molecule has 20 rings (SSSR count). The van der Waals surface area contributed by atoms with Crippen LogP contribution in [0.3, 0.4) is 0 Å². The zero-order valence-corrected chi connectivity index (χ0v) is 52.4. The molecule has 0 bridgehead atoms. The first-order valence-electron chi connectivity index (χ1n) is 36.2. The number of aromatic nitrogens is 1. The predicted octanol–water partition coefficient (Wildman–Crippen LogP) is 21.8. The Hall–Kier alpha value is -11.1. The highest BCUT2D eigenvalue weighted by Crippen LogP contribution is 2.63. The topological polar surface area (TPSA) is 21.3 Å². The van der Waals surface area contributed by atoms with E-state index in [4.69, 9.17) is 7.16 Å².